The molecule has 1 saturated carbocycles. The van der Waals surface area contributed by atoms with E-state index < -0.39 is 0 Å². The molecule has 1 amide bonds. The number of amides is 1. The number of hydrogen-bond donors (Lipinski definition) is 1. The first kappa shape index (κ1) is 19.0. The Bertz CT molecular complexity index is 571. The highest BCUT2D eigenvalue weighted by Gasteiger charge is 2.31. The molecule has 0 radical (unpaired) electrons. The van der Waals surface area contributed by atoms with Crippen LogP contribution in [-0.4, -0.2) is 37.4 Å². The summed E-state index contributed by atoms with van der Waals surface area (Å²) in [5, 5.41) is 3.18. The highest BCUT2D eigenvalue weighted by molar-refractivity contribution is 5.76. The number of hydrogen-bond acceptors (Lipinski definition) is 4. The van der Waals surface area contributed by atoms with Crippen molar-refractivity contribution < 1.29 is 19.0 Å². The number of carbonyl (C=O) groups is 1. The Labute approximate surface area is 156 Å². The molecule has 1 aromatic carbocycles. The van der Waals surface area contributed by atoms with Crippen LogP contribution < -0.4 is 14.8 Å². The molecule has 3 rings (SSSR count). The summed E-state index contributed by atoms with van der Waals surface area (Å²) < 4.78 is 17.6. The molecule has 3 atom stereocenters. The molecule has 1 heterocycles. The molecule has 26 heavy (non-hydrogen) atoms. The Balaban J connectivity index is 1.49. The monoisotopic (exact) mass is 361 g/mol. The van der Waals surface area contributed by atoms with E-state index in [4.69, 9.17) is 14.2 Å². The zero-order valence-electron chi connectivity index (χ0n) is 15.7. The Morgan fingerprint density at radius 2 is 2.00 bits per heavy atom. The third-order valence-electron chi connectivity index (χ3n) is 5.19. The van der Waals surface area contributed by atoms with Crippen molar-refractivity contribution in [3.05, 3.63) is 24.3 Å². The van der Waals surface area contributed by atoms with E-state index >= 15 is 0 Å². The van der Waals surface area contributed by atoms with Gasteiger partial charge in [0.1, 0.15) is 6.10 Å². The maximum atomic E-state index is 12.4. The molecule has 5 nitrogen and oxygen atoms in total. The van der Waals surface area contributed by atoms with Crippen LogP contribution in [0, 0.1) is 0 Å². The smallest absolute Gasteiger partial charge is 0.220 e. The van der Waals surface area contributed by atoms with Crippen molar-refractivity contribution in [3.63, 3.8) is 0 Å². The van der Waals surface area contributed by atoms with Crippen molar-refractivity contribution in [2.75, 3.05) is 13.2 Å². The van der Waals surface area contributed by atoms with Gasteiger partial charge in [-0.25, -0.2) is 0 Å². The first-order valence-electron chi connectivity index (χ1n) is 10.1. The SMILES string of the molecule is CCOc1ccccc1OC1CCCC1NC(=O)CCC1CCCCO1. The van der Waals surface area contributed by atoms with Gasteiger partial charge in [-0.1, -0.05) is 12.1 Å². The van der Waals surface area contributed by atoms with Gasteiger partial charge in [-0.3, -0.25) is 4.79 Å². The van der Waals surface area contributed by atoms with E-state index in [2.05, 4.69) is 5.32 Å². The third-order valence-corrected chi connectivity index (χ3v) is 5.19. The van der Waals surface area contributed by atoms with E-state index in [9.17, 15) is 4.79 Å². The summed E-state index contributed by atoms with van der Waals surface area (Å²) in [5.41, 5.74) is 0. The summed E-state index contributed by atoms with van der Waals surface area (Å²) >= 11 is 0. The van der Waals surface area contributed by atoms with E-state index in [-0.39, 0.29) is 24.2 Å². The largest absolute Gasteiger partial charge is 0.490 e. The number of para-hydroxylation sites is 2. The maximum Gasteiger partial charge on any atom is 0.220 e. The highest BCUT2D eigenvalue weighted by Crippen LogP contribution is 2.31. The zero-order valence-corrected chi connectivity index (χ0v) is 15.7. The molecule has 1 N–H and O–H groups in total. The molecular formula is C21H31NO4. The lowest BCUT2D eigenvalue weighted by Gasteiger charge is -2.25. The van der Waals surface area contributed by atoms with Crippen LogP contribution in [0.3, 0.4) is 0 Å². The van der Waals surface area contributed by atoms with Gasteiger partial charge in [0.15, 0.2) is 11.5 Å². The summed E-state index contributed by atoms with van der Waals surface area (Å²) in [6, 6.07) is 7.82. The molecule has 0 aromatic heterocycles. The molecule has 0 spiro atoms. The van der Waals surface area contributed by atoms with E-state index in [0.717, 1.165) is 56.6 Å². The molecule has 2 aliphatic rings. The lowest BCUT2D eigenvalue weighted by molar-refractivity contribution is -0.123. The summed E-state index contributed by atoms with van der Waals surface area (Å²) in [6.45, 7) is 3.41. The normalized spacial score (nSPS) is 25.7. The van der Waals surface area contributed by atoms with Gasteiger partial charge in [-0.15, -0.1) is 0 Å². The summed E-state index contributed by atoms with van der Waals surface area (Å²) in [6.07, 6.45) is 8.03. The number of carbonyl (C=O) groups excluding carboxylic acids is 1. The second kappa shape index (κ2) is 9.81. The molecule has 0 bridgehead atoms. The van der Waals surface area contributed by atoms with Gasteiger partial charge in [0.2, 0.25) is 5.91 Å². The van der Waals surface area contributed by atoms with Crippen LogP contribution in [-0.2, 0) is 9.53 Å². The number of rotatable bonds is 8. The van der Waals surface area contributed by atoms with Gasteiger partial charge in [0.25, 0.3) is 0 Å². The minimum atomic E-state index is 0.00601. The first-order chi connectivity index (χ1) is 12.8. The Kier molecular flexibility index (Phi) is 7.18. The molecule has 1 aliphatic heterocycles. The van der Waals surface area contributed by atoms with Gasteiger partial charge in [0.05, 0.1) is 18.8 Å². The molecule has 1 aromatic rings. The zero-order chi connectivity index (χ0) is 18.2. The lowest BCUT2D eigenvalue weighted by Crippen LogP contribution is -2.42. The van der Waals surface area contributed by atoms with Crippen molar-refractivity contribution in [2.24, 2.45) is 0 Å². The van der Waals surface area contributed by atoms with Crippen LogP contribution >= 0.6 is 0 Å². The van der Waals surface area contributed by atoms with E-state index in [1.165, 1.54) is 6.42 Å². The third kappa shape index (κ3) is 5.37. The predicted molar refractivity (Wildman–Crippen MR) is 101 cm³/mol. The van der Waals surface area contributed by atoms with E-state index in [0.29, 0.717) is 13.0 Å². The van der Waals surface area contributed by atoms with Gasteiger partial charge in [0, 0.05) is 13.0 Å². The van der Waals surface area contributed by atoms with Crippen LogP contribution in [0.15, 0.2) is 24.3 Å². The number of nitrogens with one attached hydrogen (secondary N) is 1. The van der Waals surface area contributed by atoms with Crippen LogP contribution in [0.4, 0.5) is 0 Å². The van der Waals surface area contributed by atoms with Gasteiger partial charge in [-0.2, -0.15) is 0 Å². The maximum absolute atomic E-state index is 12.4. The second-order valence-corrected chi connectivity index (χ2v) is 7.17. The summed E-state index contributed by atoms with van der Waals surface area (Å²) in [7, 11) is 0. The number of ether oxygens (including phenoxy) is 3. The van der Waals surface area contributed by atoms with Crippen LogP contribution in [0.25, 0.3) is 0 Å². The minimum absolute atomic E-state index is 0.00601. The second-order valence-electron chi connectivity index (χ2n) is 7.17. The topological polar surface area (TPSA) is 56.8 Å². The fraction of sp³-hybridized carbons (Fsp3) is 0.667. The van der Waals surface area contributed by atoms with E-state index in [1.54, 1.807) is 0 Å². The average Bonchev–Trinajstić information content (AvgIpc) is 3.09. The summed E-state index contributed by atoms with van der Waals surface area (Å²) in [4.78, 5) is 12.4. The van der Waals surface area contributed by atoms with Gasteiger partial charge >= 0.3 is 0 Å². The fourth-order valence-electron chi connectivity index (χ4n) is 3.82. The van der Waals surface area contributed by atoms with Crippen molar-refractivity contribution in [3.8, 4) is 11.5 Å². The first-order valence-corrected chi connectivity index (χ1v) is 10.1. The molecule has 5 heteroatoms. The predicted octanol–water partition coefficient (Wildman–Crippen LogP) is 3.85. The molecule has 144 valence electrons. The Morgan fingerprint density at radius 3 is 2.77 bits per heavy atom. The Hall–Kier alpha value is -1.75. The lowest BCUT2D eigenvalue weighted by atomic mass is 10.0. The van der Waals surface area contributed by atoms with Crippen molar-refractivity contribution in [2.45, 2.75) is 76.5 Å². The molecule has 2 fully saturated rings. The van der Waals surface area contributed by atoms with Crippen LogP contribution in [0.5, 0.6) is 11.5 Å². The molecule has 1 aliphatic carbocycles. The van der Waals surface area contributed by atoms with Crippen LogP contribution in [0.2, 0.25) is 0 Å². The van der Waals surface area contributed by atoms with Crippen LogP contribution in [0.1, 0.15) is 58.3 Å². The molecular weight excluding hydrogens is 330 g/mol. The molecule has 3 unspecified atom stereocenters. The quantitative estimate of drug-likeness (QED) is 0.764. The van der Waals surface area contributed by atoms with E-state index in [1.807, 2.05) is 31.2 Å². The van der Waals surface area contributed by atoms with Gasteiger partial charge < -0.3 is 19.5 Å². The van der Waals surface area contributed by atoms with Crippen molar-refractivity contribution in [1.29, 1.82) is 0 Å². The number of benzene rings is 1. The fourth-order valence-corrected chi connectivity index (χ4v) is 3.82. The summed E-state index contributed by atoms with van der Waals surface area (Å²) in [5.74, 6) is 1.63. The Morgan fingerprint density at radius 1 is 1.15 bits per heavy atom. The minimum Gasteiger partial charge on any atom is -0.490 e. The molecule has 1 saturated heterocycles. The van der Waals surface area contributed by atoms with Crippen molar-refractivity contribution >= 4 is 5.91 Å². The standard InChI is InChI=1S/C21H31NO4/c1-2-24-19-10-3-4-11-20(19)26-18-12-7-9-17(18)22-21(23)14-13-16-8-5-6-15-25-16/h3-4,10-11,16-18H,2,5-9,12-15H2,1H3,(H,22,23). The van der Waals surface area contributed by atoms with Crippen molar-refractivity contribution in [1.82, 2.24) is 5.32 Å². The average molecular weight is 361 g/mol. The van der Waals surface area contributed by atoms with Gasteiger partial charge in [-0.05, 0) is 64.0 Å². The highest BCUT2D eigenvalue weighted by atomic mass is 16.5.